The van der Waals surface area contributed by atoms with Gasteiger partial charge in [-0.3, -0.25) is 4.90 Å². The number of fused-ring (bicyclic) bond motifs is 1. The normalized spacial score (nSPS) is 22.8. The van der Waals surface area contributed by atoms with Crippen molar-refractivity contribution < 1.29 is 18.0 Å². The summed E-state index contributed by atoms with van der Waals surface area (Å²) in [6, 6.07) is 15.1. The number of nitriles is 1. The van der Waals surface area contributed by atoms with Crippen molar-refractivity contribution >= 4 is 11.7 Å². The first-order valence-electron chi connectivity index (χ1n) is 13.5. The van der Waals surface area contributed by atoms with Gasteiger partial charge in [0.25, 0.3) is 0 Å². The number of carbonyl (C=O) groups excluding carboxylic acids is 1. The molecule has 0 spiro atoms. The van der Waals surface area contributed by atoms with E-state index >= 15 is 0 Å². The van der Waals surface area contributed by atoms with Gasteiger partial charge in [-0.25, -0.2) is 4.79 Å². The number of alkyl halides is 3. The first-order chi connectivity index (χ1) is 17.9. The highest BCUT2D eigenvalue weighted by atomic mass is 19.4. The Kier molecular flexibility index (Phi) is 8.08. The van der Waals surface area contributed by atoms with E-state index in [4.69, 9.17) is 0 Å². The van der Waals surface area contributed by atoms with Gasteiger partial charge in [0.2, 0.25) is 0 Å². The maximum atomic E-state index is 13.6. The number of hydrogen-bond donors (Lipinski definition) is 1. The molecule has 8 heteroatoms. The molecule has 2 aromatic carbocycles. The lowest BCUT2D eigenvalue weighted by Gasteiger charge is -2.39. The van der Waals surface area contributed by atoms with Gasteiger partial charge in [-0.2, -0.15) is 18.4 Å². The molecule has 2 aromatic rings. The second-order valence-corrected chi connectivity index (χ2v) is 11.3. The molecule has 2 aliphatic carbocycles. The summed E-state index contributed by atoms with van der Waals surface area (Å²) < 4.78 is 39.7. The number of nitrogens with one attached hydrogen (secondary N) is 1. The van der Waals surface area contributed by atoms with Crippen LogP contribution in [0.5, 0.6) is 0 Å². The molecule has 2 aliphatic rings. The predicted octanol–water partition coefficient (Wildman–Crippen LogP) is 7.04. The molecule has 0 saturated heterocycles. The zero-order valence-electron chi connectivity index (χ0n) is 22.6. The largest absolute Gasteiger partial charge is 0.416 e. The van der Waals surface area contributed by atoms with Crippen LogP contribution in [-0.4, -0.2) is 47.0 Å². The van der Waals surface area contributed by atoms with E-state index in [-0.39, 0.29) is 23.2 Å². The summed E-state index contributed by atoms with van der Waals surface area (Å²) in [5.74, 6) is 0.422. The number of amides is 2. The monoisotopic (exact) mass is 526 g/mol. The minimum atomic E-state index is -4.48. The molecular formula is C30H37F3N4O. The standard InChI is InChI=1S/C30H37F3N4O/c1-20(2)36(21(3)4)13-14-37(28(38)35-26-10-6-9-24(16-26)30(31,32)33)27-11-12-29(18-25(29)17-27)23-8-5-7-22(15-23)19-34/h5-10,15-16,20-21,25,27H,11-14,17-18H2,1-4H3,(H,35,38)/t25?,27-,29-/m1/s1. The average molecular weight is 527 g/mol. The average Bonchev–Trinajstić information content (AvgIpc) is 3.61. The van der Waals surface area contributed by atoms with Crippen molar-refractivity contribution in [1.82, 2.24) is 9.80 Å². The Labute approximate surface area is 223 Å². The number of halogens is 3. The highest BCUT2D eigenvalue weighted by molar-refractivity contribution is 5.89. The van der Waals surface area contributed by atoms with Crippen molar-refractivity contribution in [1.29, 1.82) is 5.26 Å². The van der Waals surface area contributed by atoms with Gasteiger partial charge < -0.3 is 10.2 Å². The molecule has 0 radical (unpaired) electrons. The molecule has 5 nitrogen and oxygen atoms in total. The fraction of sp³-hybridized carbons (Fsp3) is 0.533. The van der Waals surface area contributed by atoms with Crippen LogP contribution in [0.3, 0.4) is 0 Å². The van der Waals surface area contributed by atoms with Crippen molar-refractivity contribution in [2.75, 3.05) is 18.4 Å². The van der Waals surface area contributed by atoms with Crippen LogP contribution < -0.4 is 5.32 Å². The number of nitrogens with zero attached hydrogens (tertiary/aromatic N) is 3. The maximum Gasteiger partial charge on any atom is 0.416 e. The lowest BCUT2D eigenvalue weighted by Crippen LogP contribution is -2.50. The highest BCUT2D eigenvalue weighted by Gasteiger charge is 2.58. The van der Waals surface area contributed by atoms with Gasteiger partial charge in [0, 0.05) is 36.9 Å². The SMILES string of the molecule is CC(C)N(CCN(C(=O)Nc1cccc(C(F)(F)F)c1)[C@@H]1CC[C@]2(c3cccc(C#N)c3)CC2C1)C(C)C. The Bertz CT molecular complexity index is 1180. The Hall–Kier alpha value is -3.05. The second-order valence-electron chi connectivity index (χ2n) is 11.3. The molecule has 2 amide bonds. The molecule has 0 heterocycles. The third-order valence-corrected chi connectivity index (χ3v) is 8.35. The van der Waals surface area contributed by atoms with E-state index in [0.717, 1.165) is 37.8 Å². The molecule has 0 aromatic heterocycles. The third-order valence-electron chi connectivity index (χ3n) is 8.35. The Balaban J connectivity index is 1.52. The van der Waals surface area contributed by atoms with Crippen molar-refractivity contribution in [3.8, 4) is 6.07 Å². The molecule has 38 heavy (non-hydrogen) atoms. The van der Waals surface area contributed by atoms with Crippen LogP contribution in [0.2, 0.25) is 0 Å². The number of urea groups is 1. The number of anilines is 1. The molecule has 3 atom stereocenters. The Morgan fingerprint density at radius 1 is 1.11 bits per heavy atom. The number of rotatable bonds is 8. The van der Waals surface area contributed by atoms with Crippen LogP contribution in [-0.2, 0) is 11.6 Å². The third kappa shape index (κ3) is 5.99. The highest BCUT2D eigenvalue weighted by Crippen LogP contribution is 2.62. The first kappa shape index (κ1) is 28.0. The van der Waals surface area contributed by atoms with E-state index in [1.807, 2.05) is 23.1 Å². The fourth-order valence-corrected chi connectivity index (χ4v) is 6.30. The summed E-state index contributed by atoms with van der Waals surface area (Å²) in [6.07, 6.45) is -0.867. The summed E-state index contributed by atoms with van der Waals surface area (Å²) in [7, 11) is 0. The van der Waals surface area contributed by atoms with Crippen LogP contribution >= 0.6 is 0 Å². The summed E-state index contributed by atoms with van der Waals surface area (Å²) >= 11 is 0. The molecule has 4 rings (SSSR count). The lowest BCUT2D eigenvalue weighted by atomic mass is 9.80. The van der Waals surface area contributed by atoms with Crippen molar-refractivity contribution in [3.63, 3.8) is 0 Å². The molecule has 1 N–H and O–H groups in total. The minimum absolute atomic E-state index is 0.00162. The van der Waals surface area contributed by atoms with E-state index < -0.39 is 11.7 Å². The van der Waals surface area contributed by atoms with Gasteiger partial charge >= 0.3 is 12.2 Å². The van der Waals surface area contributed by atoms with E-state index in [0.29, 0.717) is 36.7 Å². The zero-order valence-corrected chi connectivity index (χ0v) is 22.6. The van der Waals surface area contributed by atoms with Crippen molar-refractivity contribution in [2.24, 2.45) is 5.92 Å². The van der Waals surface area contributed by atoms with Crippen LogP contribution in [0.15, 0.2) is 48.5 Å². The van der Waals surface area contributed by atoms with Crippen molar-refractivity contribution in [3.05, 3.63) is 65.2 Å². The van der Waals surface area contributed by atoms with E-state index in [2.05, 4.69) is 50.0 Å². The smallest absolute Gasteiger partial charge is 0.320 e. The maximum absolute atomic E-state index is 13.6. The predicted molar refractivity (Wildman–Crippen MR) is 143 cm³/mol. The molecule has 2 fully saturated rings. The van der Waals surface area contributed by atoms with E-state index in [1.165, 1.54) is 17.7 Å². The van der Waals surface area contributed by atoms with E-state index in [1.54, 1.807) is 0 Å². The fourth-order valence-electron chi connectivity index (χ4n) is 6.30. The number of hydrogen-bond acceptors (Lipinski definition) is 3. The Morgan fingerprint density at radius 3 is 2.45 bits per heavy atom. The van der Waals surface area contributed by atoms with Gasteiger partial charge in [-0.05, 0) is 101 Å². The summed E-state index contributed by atoms with van der Waals surface area (Å²) in [4.78, 5) is 17.7. The first-order valence-corrected chi connectivity index (χ1v) is 13.5. The van der Waals surface area contributed by atoms with Crippen LogP contribution in [0.25, 0.3) is 0 Å². The molecule has 204 valence electrons. The molecule has 0 aliphatic heterocycles. The quantitative estimate of drug-likeness (QED) is 0.401. The van der Waals surface area contributed by atoms with E-state index in [9.17, 15) is 23.2 Å². The van der Waals surface area contributed by atoms with Gasteiger partial charge in [0.1, 0.15) is 0 Å². The van der Waals surface area contributed by atoms with Crippen LogP contribution in [0.4, 0.5) is 23.7 Å². The second kappa shape index (κ2) is 11.0. The topological polar surface area (TPSA) is 59.4 Å². The number of benzene rings is 2. The summed E-state index contributed by atoms with van der Waals surface area (Å²) in [5.41, 5.74) is 1.28. The van der Waals surface area contributed by atoms with Crippen LogP contribution in [0, 0.1) is 17.2 Å². The molecule has 2 saturated carbocycles. The van der Waals surface area contributed by atoms with Crippen LogP contribution in [0.1, 0.15) is 70.1 Å². The summed E-state index contributed by atoms with van der Waals surface area (Å²) in [5, 5.41) is 12.1. The lowest BCUT2D eigenvalue weighted by molar-refractivity contribution is -0.137. The van der Waals surface area contributed by atoms with Gasteiger partial charge in [0.15, 0.2) is 0 Å². The van der Waals surface area contributed by atoms with Crippen molar-refractivity contribution in [2.45, 2.75) is 83.1 Å². The van der Waals surface area contributed by atoms with Gasteiger partial charge in [-0.15, -0.1) is 0 Å². The molecule has 0 bridgehead atoms. The molecular weight excluding hydrogens is 489 g/mol. The minimum Gasteiger partial charge on any atom is -0.320 e. The molecule has 1 unspecified atom stereocenters. The zero-order chi connectivity index (χ0) is 27.7. The number of carbonyl (C=O) groups is 1. The Morgan fingerprint density at radius 2 is 1.82 bits per heavy atom. The summed E-state index contributed by atoms with van der Waals surface area (Å²) in [6.45, 7) is 9.68. The van der Waals surface area contributed by atoms with Gasteiger partial charge in [-0.1, -0.05) is 18.2 Å². The van der Waals surface area contributed by atoms with Gasteiger partial charge in [0.05, 0.1) is 17.2 Å².